The van der Waals surface area contributed by atoms with Crippen molar-refractivity contribution in [3.05, 3.63) is 22.4 Å². The van der Waals surface area contributed by atoms with Gasteiger partial charge in [0.05, 0.1) is 4.88 Å². The fourth-order valence-electron chi connectivity index (χ4n) is 1.93. The Bertz CT molecular complexity index is 325. The number of alkyl halides is 1. The third-order valence-electron chi connectivity index (χ3n) is 2.77. The summed E-state index contributed by atoms with van der Waals surface area (Å²) in [5.74, 6) is 0.611. The third-order valence-corrected chi connectivity index (χ3v) is 4.04. The number of hydrogen-bond donors (Lipinski definition) is 1. The lowest BCUT2D eigenvalue weighted by atomic mass is 10.1. The number of carbonyl (C=O) groups is 1. The Kier molecular flexibility index (Phi) is 3.65. The molecule has 0 bridgehead atoms. The predicted octanol–water partition coefficient (Wildman–Crippen LogP) is 2.89. The van der Waals surface area contributed by atoms with Gasteiger partial charge in [0, 0.05) is 11.9 Å². The van der Waals surface area contributed by atoms with Gasteiger partial charge in [0.15, 0.2) is 0 Å². The molecule has 0 saturated heterocycles. The Morgan fingerprint density at radius 3 is 3.07 bits per heavy atom. The van der Waals surface area contributed by atoms with Crippen LogP contribution in [0.5, 0.6) is 0 Å². The molecule has 0 aliphatic heterocycles. The number of nitrogens with one attached hydrogen (secondary N) is 1. The van der Waals surface area contributed by atoms with Gasteiger partial charge in [0.2, 0.25) is 0 Å². The van der Waals surface area contributed by atoms with Crippen LogP contribution in [0, 0.1) is 5.92 Å². The average Bonchev–Trinajstić information content (AvgIpc) is 2.84. The second kappa shape index (κ2) is 4.99. The molecule has 1 saturated carbocycles. The molecule has 1 heterocycles. The van der Waals surface area contributed by atoms with E-state index in [1.807, 2.05) is 17.5 Å². The number of rotatable bonds is 3. The van der Waals surface area contributed by atoms with E-state index in [1.54, 1.807) is 0 Å². The lowest BCUT2D eigenvalue weighted by molar-refractivity contribution is 0.0951. The molecule has 0 aromatic carbocycles. The van der Waals surface area contributed by atoms with Gasteiger partial charge in [-0.15, -0.1) is 22.9 Å². The molecule has 1 amide bonds. The lowest BCUT2D eigenvalue weighted by Gasteiger charge is -2.09. The molecule has 2 unspecified atom stereocenters. The highest BCUT2D eigenvalue weighted by molar-refractivity contribution is 7.12. The molecule has 1 N–H and O–H groups in total. The Morgan fingerprint density at radius 1 is 1.60 bits per heavy atom. The van der Waals surface area contributed by atoms with Crippen molar-refractivity contribution in [3.8, 4) is 0 Å². The number of carbonyl (C=O) groups excluding carboxylic acids is 1. The van der Waals surface area contributed by atoms with Crippen LogP contribution in [0.4, 0.5) is 0 Å². The fourth-order valence-corrected chi connectivity index (χ4v) is 2.95. The quantitative estimate of drug-likeness (QED) is 0.813. The molecule has 0 radical (unpaired) electrons. The van der Waals surface area contributed by atoms with Gasteiger partial charge in [-0.1, -0.05) is 6.07 Å². The standard InChI is InChI=1S/C11H14ClNOS/c12-9-4-3-8(6-9)7-13-11(14)10-2-1-5-15-10/h1-2,5,8-9H,3-4,6-7H2,(H,13,14). The van der Waals surface area contributed by atoms with E-state index in [0.717, 1.165) is 30.7 Å². The monoisotopic (exact) mass is 243 g/mol. The highest BCUT2D eigenvalue weighted by Crippen LogP contribution is 2.28. The van der Waals surface area contributed by atoms with Gasteiger partial charge < -0.3 is 5.32 Å². The van der Waals surface area contributed by atoms with Crippen LogP contribution < -0.4 is 5.32 Å². The molecular formula is C11H14ClNOS. The number of halogens is 1. The van der Waals surface area contributed by atoms with Crippen LogP contribution in [0.2, 0.25) is 0 Å². The zero-order chi connectivity index (χ0) is 10.7. The van der Waals surface area contributed by atoms with Crippen molar-refractivity contribution in [1.29, 1.82) is 0 Å². The minimum atomic E-state index is 0.0445. The van der Waals surface area contributed by atoms with E-state index >= 15 is 0 Å². The van der Waals surface area contributed by atoms with E-state index in [1.165, 1.54) is 11.3 Å². The summed E-state index contributed by atoms with van der Waals surface area (Å²) in [7, 11) is 0. The molecule has 82 valence electrons. The van der Waals surface area contributed by atoms with E-state index in [0.29, 0.717) is 11.3 Å². The SMILES string of the molecule is O=C(NCC1CCC(Cl)C1)c1cccs1. The predicted molar refractivity (Wildman–Crippen MR) is 63.6 cm³/mol. The molecule has 0 spiro atoms. The number of thiophene rings is 1. The molecule has 1 fully saturated rings. The van der Waals surface area contributed by atoms with Crippen LogP contribution in [0.3, 0.4) is 0 Å². The van der Waals surface area contributed by atoms with Gasteiger partial charge >= 0.3 is 0 Å². The summed E-state index contributed by atoms with van der Waals surface area (Å²) >= 11 is 7.49. The highest BCUT2D eigenvalue weighted by Gasteiger charge is 2.23. The summed E-state index contributed by atoms with van der Waals surface area (Å²) in [6, 6.07) is 3.74. The van der Waals surface area contributed by atoms with Gasteiger partial charge in [-0.2, -0.15) is 0 Å². The van der Waals surface area contributed by atoms with Gasteiger partial charge in [-0.25, -0.2) is 0 Å². The summed E-state index contributed by atoms with van der Waals surface area (Å²) < 4.78 is 0. The van der Waals surface area contributed by atoms with Crippen LogP contribution in [0.25, 0.3) is 0 Å². The van der Waals surface area contributed by atoms with Gasteiger partial charge in [-0.05, 0) is 36.6 Å². The van der Waals surface area contributed by atoms with Gasteiger partial charge in [0.1, 0.15) is 0 Å². The summed E-state index contributed by atoms with van der Waals surface area (Å²) in [6.45, 7) is 0.764. The lowest BCUT2D eigenvalue weighted by Crippen LogP contribution is -2.27. The van der Waals surface area contributed by atoms with Crippen molar-refractivity contribution in [2.75, 3.05) is 6.54 Å². The fraction of sp³-hybridized carbons (Fsp3) is 0.545. The second-order valence-corrected chi connectivity index (χ2v) is 5.53. The molecule has 1 aromatic heterocycles. The summed E-state index contributed by atoms with van der Waals surface area (Å²) in [5, 5.41) is 5.19. The summed E-state index contributed by atoms with van der Waals surface area (Å²) in [5.41, 5.74) is 0. The van der Waals surface area contributed by atoms with Crippen LogP contribution in [-0.2, 0) is 0 Å². The number of amides is 1. The first-order valence-electron chi connectivity index (χ1n) is 5.21. The zero-order valence-electron chi connectivity index (χ0n) is 8.41. The van der Waals surface area contributed by atoms with Crippen molar-refractivity contribution in [2.45, 2.75) is 24.6 Å². The second-order valence-electron chi connectivity index (χ2n) is 3.96. The van der Waals surface area contributed by atoms with E-state index < -0.39 is 0 Å². The Morgan fingerprint density at radius 2 is 2.47 bits per heavy atom. The third kappa shape index (κ3) is 2.95. The molecule has 2 rings (SSSR count). The summed E-state index contributed by atoms with van der Waals surface area (Å²) in [4.78, 5) is 12.4. The van der Waals surface area contributed by atoms with E-state index in [2.05, 4.69) is 5.32 Å². The van der Waals surface area contributed by atoms with Crippen LogP contribution >= 0.6 is 22.9 Å². The average molecular weight is 244 g/mol. The first kappa shape index (κ1) is 11.0. The van der Waals surface area contributed by atoms with Gasteiger partial charge in [-0.3, -0.25) is 4.79 Å². The first-order chi connectivity index (χ1) is 7.25. The maximum absolute atomic E-state index is 11.6. The van der Waals surface area contributed by atoms with Crippen molar-refractivity contribution in [2.24, 2.45) is 5.92 Å². The van der Waals surface area contributed by atoms with Crippen molar-refractivity contribution in [3.63, 3.8) is 0 Å². The van der Waals surface area contributed by atoms with Crippen molar-refractivity contribution < 1.29 is 4.79 Å². The van der Waals surface area contributed by atoms with Gasteiger partial charge in [0.25, 0.3) is 5.91 Å². The maximum Gasteiger partial charge on any atom is 0.261 e. The first-order valence-corrected chi connectivity index (χ1v) is 6.53. The topological polar surface area (TPSA) is 29.1 Å². The molecule has 1 aliphatic carbocycles. The molecule has 2 nitrogen and oxygen atoms in total. The number of hydrogen-bond acceptors (Lipinski definition) is 2. The normalized spacial score (nSPS) is 25.4. The smallest absolute Gasteiger partial charge is 0.261 e. The van der Waals surface area contributed by atoms with Crippen molar-refractivity contribution in [1.82, 2.24) is 5.32 Å². The van der Waals surface area contributed by atoms with E-state index in [9.17, 15) is 4.79 Å². The summed E-state index contributed by atoms with van der Waals surface area (Å²) in [6.07, 6.45) is 3.26. The Labute approximate surface area is 98.6 Å². The molecule has 1 aromatic rings. The molecule has 1 aliphatic rings. The van der Waals surface area contributed by atoms with Crippen LogP contribution in [0.15, 0.2) is 17.5 Å². The van der Waals surface area contributed by atoms with Crippen molar-refractivity contribution >= 4 is 28.8 Å². The molecular weight excluding hydrogens is 230 g/mol. The van der Waals surface area contributed by atoms with E-state index in [-0.39, 0.29) is 5.91 Å². The van der Waals surface area contributed by atoms with E-state index in [4.69, 9.17) is 11.6 Å². The zero-order valence-corrected chi connectivity index (χ0v) is 9.98. The maximum atomic E-state index is 11.6. The van der Waals surface area contributed by atoms with Crippen LogP contribution in [0.1, 0.15) is 28.9 Å². The Balaban J connectivity index is 1.76. The minimum Gasteiger partial charge on any atom is -0.351 e. The molecule has 2 atom stereocenters. The minimum absolute atomic E-state index is 0.0445. The molecule has 4 heteroatoms. The highest BCUT2D eigenvalue weighted by atomic mass is 35.5. The Hall–Kier alpha value is -0.540. The van der Waals surface area contributed by atoms with Crippen LogP contribution in [-0.4, -0.2) is 17.8 Å². The molecule has 15 heavy (non-hydrogen) atoms. The largest absolute Gasteiger partial charge is 0.351 e.